The average molecular weight is 398 g/mol. The first kappa shape index (κ1) is 18.9. The smallest absolute Gasteiger partial charge is 0.225 e. The number of nitriles is 1. The van der Waals surface area contributed by atoms with Gasteiger partial charge in [-0.3, -0.25) is 4.79 Å². The topological polar surface area (TPSA) is 65.8 Å². The molecule has 1 N–H and O–H groups in total. The van der Waals surface area contributed by atoms with Gasteiger partial charge in [0.2, 0.25) is 5.91 Å². The minimum absolute atomic E-state index is 0.0392. The summed E-state index contributed by atoms with van der Waals surface area (Å²) in [5.41, 5.74) is 2.10. The molecule has 0 aliphatic rings. The van der Waals surface area contributed by atoms with E-state index in [-0.39, 0.29) is 18.4 Å². The second kappa shape index (κ2) is 9.75. The Bertz CT molecular complexity index is 781. The van der Waals surface area contributed by atoms with Crippen LogP contribution in [-0.4, -0.2) is 10.9 Å². The molecule has 2 rings (SSSR count). The fourth-order valence-corrected chi connectivity index (χ4v) is 2.88. The minimum Gasteiger partial charge on any atom is -0.349 e. The zero-order valence-corrected chi connectivity index (χ0v) is 15.7. The van der Waals surface area contributed by atoms with Crippen molar-refractivity contribution in [3.05, 3.63) is 70.0 Å². The van der Waals surface area contributed by atoms with Gasteiger partial charge in [-0.25, -0.2) is 4.98 Å². The fraction of sp³-hybridized carbons (Fsp3) is 0.250. The van der Waals surface area contributed by atoms with E-state index in [1.165, 1.54) is 0 Å². The summed E-state index contributed by atoms with van der Waals surface area (Å²) in [7, 11) is 0. The van der Waals surface area contributed by atoms with E-state index in [1.807, 2.05) is 42.5 Å². The molecule has 1 amide bonds. The lowest BCUT2D eigenvalue weighted by Crippen LogP contribution is -2.28. The van der Waals surface area contributed by atoms with Gasteiger partial charge in [-0.2, -0.15) is 5.26 Å². The highest BCUT2D eigenvalue weighted by molar-refractivity contribution is 9.10. The zero-order valence-electron chi connectivity index (χ0n) is 14.1. The summed E-state index contributed by atoms with van der Waals surface area (Å²) in [5, 5.41) is 12.4. The van der Waals surface area contributed by atoms with E-state index in [9.17, 15) is 10.1 Å². The van der Waals surface area contributed by atoms with Crippen LogP contribution in [0, 0.1) is 11.3 Å². The molecule has 1 aromatic heterocycles. The third kappa shape index (κ3) is 6.17. The van der Waals surface area contributed by atoms with Crippen molar-refractivity contribution in [3.8, 4) is 6.07 Å². The molecule has 1 unspecified atom stereocenters. The molecule has 0 spiro atoms. The van der Waals surface area contributed by atoms with E-state index in [2.05, 4.69) is 39.2 Å². The maximum absolute atomic E-state index is 12.4. The van der Waals surface area contributed by atoms with Gasteiger partial charge in [-0.1, -0.05) is 49.7 Å². The van der Waals surface area contributed by atoms with E-state index < -0.39 is 0 Å². The molecule has 25 heavy (non-hydrogen) atoms. The standard InChI is InChI=1S/C20H20BrN3O/c1-2-7-18(16-8-4-3-5-9-16)24-20(25)13-15(14-22)12-17-10-6-11-19(21)23-17/h3-6,8-12,18H,2,7,13H2,1H3,(H,24,25)/b15-12-. The molecule has 128 valence electrons. The first-order valence-electron chi connectivity index (χ1n) is 8.20. The molecular formula is C20H20BrN3O. The Morgan fingerprint density at radius 3 is 2.68 bits per heavy atom. The van der Waals surface area contributed by atoms with E-state index in [0.717, 1.165) is 18.4 Å². The Kier molecular flexibility index (Phi) is 7.36. The highest BCUT2D eigenvalue weighted by Gasteiger charge is 2.14. The lowest BCUT2D eigenvalue weighted by molar-refractivity contribution is -0.121. The maximum atomic E-state index is 12.4. The van der Waals surface area contributed by atoms with Crippen LogP contribution < -0.4 is 5.32 Å². The minimum atomic E-state index is -0.162. The number of aromatic nitrogens is 1. The molecule has 0 fully saturated rings. The summed E-state index contributed by atoms with van der Waals surface area (Å²) in [5.74, 6) is -0.162. The normalized spacial score (nSPS) is 12.3. The molecule has 1 heterocycles. The molecule has 4 nitrogen and oxygen atoms in total. The number of pyridine rings is 1. The van der Waals surface area contributed by atoms with Crippen LogP contribution >= 0.6 is 15.9 Å². The molecule has 0 aliphatic carbocycles. The van der Waals surface area contributed by atoms with Crippen LogP contribution in [0.15, 0.2) is 58.7 Å². The van der Waals surface area contributed by atoms with Crippen LogP contribution in [0.25, 0.3) is 6.08 Å². The van der Waals surface area contributed by atoms with E-state index >= 15 is 0 Å². The number of carbonyl (C=O) groups is 1. The maximum Gasteiger partial charge on any atom is 0.225 e. The number of halogens is 1. The van der Waals surface area contributed by atoms with E-state index in [4.69, 9.17) is 0 Å². The number of hydrogen-bond acceptors (Lipinski definition) is 3. The van der Waals surface area contributed by atoms with Gasteiger partial charge in [-0.15, -0.1) is 0 Å². The lowest BCUT2D eigenvalue weighted by Gasteiger charge is -2.18. The summed E-state index contributed by atoms with van der Waals surface area (Å²) in [6.45, 7) is 2.08. The molecule has 0 radical (unpaired) electrons. The Balaban J connectivity index is 2.07. The van der Waals surface area contributed by atoms with Crippen LogP contribution in [0.5, 0.6) is 0 Å². The van der Waals surface area contributed by atoms with Crippen molar-refractivity contribution in [3.63, 3.8) is 0 Å². The largest absolute Gasteiger partial charge is 0.349 e. The molecule has 5 heteroatoms. The number of nitrogens with one attached hydrogen (secondary N) is 1. The SMILES string of the molecule is CCCC(NC(=O)C/C(C#N)=C/c1cccc(Br)n1)c1ccccc1. The monoisotopic (exact) mass is 397 g/mol. The molecule has 1 atom stereocenters. The molecule has 0 saturated carbocycles. The highest BCUT2D eigenvalue weighted by Crippen LogP contribution is 2.19. The molecule has 1 aromatic carbocycles. The summed E-state index contributed by atoms with van der Waals surface area (Å²) < 4.78 is 0.690. The highest BCUT2D eigenvalue weighted by atomic mass is 79.9. The lowest BCUT2D eigenvalue weighted by atomic mass is 10.0. The van der Waals surface area contributed by atoms with Crippen LogP contribution in [-0.2, 0) is 4.79 Å². The van der Waals surface area contributed by atoms with Gasteiger partial charge in [0.05, 0.1) is 24.2 Å². The second-order valence-corrected chi connectivity index (χ2v) is 6.48. The summed E-state index contributed by atoms with van der Waals surface area (Å²) in [4.78, 5) is 16.7. The first-order chi connectivity index (χ1) is 12.1. The molecular weight excluding hydrogens is 378 g/mol. The Morgan fingerprint density at radius 2 is 2.04 bits per heavy atom. The number of benzene rings is 1. The van der Waals surface area contributed by atoms with Gasteiger partial charge in [0.1, 0.15) is 4.60 Å². The van der Waals surface area contributed by atoms with Crippen molar-refractivity contribution < 1.29 is 4.79 Å². The average Bonchev–Trinajstić information content (AvgIpc) is 2.61. The fourth-order valence-electron chi connectivity index (χ4n) is 2.52. The number of amides is 1. The predicted molar refractivity (Wildman–Crippen MR) is 102 cm³/mol. The summed E-state index contributed by atoms with van der Waals surface area (Å²) >= 11 is 3.30. The Morgan fingerprint density at radius 1 is 1.28 bits per heavy atom. The molecule has 0 bridgehead atoms. The first-order valence-corrected chi connectivity index (χ1v) is 8.99. The van der Waals surface area contributed by atoms with Gasteiger partial charge in [-0.05, 0) is 46.1 Å². The van der Waals surface area contributed by atoms with E-state index in [0.29, 0.717) is 15.9 Å². The van der Waals surface area contributed by atoms with Gasteiger partial charge in [0, 0.05) is 5.57 Å². The zero-order chi connectivity index (χ0) is 18.1. The molecule has 0 aliphatic heterocycles. The van der Waals surface area contributed by atoms with Crippen molar-refractivity contribution >= 4 is 27.9 Å². The molecule has 0 saturated heterocycles. The van der Waals surface area contributed by atoms with Gasteiger partial charge in [0.25, 0.3) is 0 Å². The van der Waals surface area contributed by atoms with Gasteiger partial charge >= 0.3 is 0 Å². The number of hydrogen-bond donors (Lipinski definition) is 1. The number of nitrogens with zero attached hydrogens (tertiary/aromatic N) is 2. The Hall–Kier alpha value is -2.45. The predicted octanol–water partition coefficient (Wildman–Crippen LogP) is 4.80. The Labute approximate surface area is 156 Å². The third-order valence-corrected chi connectivity index (χ3v) is 4.11. The van der Waals surface area contributed by atoms with Crippen LogP contribution in [0.4, 0.5) is 0 Å². The summed E-state index contributed by atoms with van der Waals surface area (Å²) in [6, 6.07) is 17.4. The van der Waals surface area contributed by atoms with E-state index in [1.54, 1.807) is 12.1 Å². The second-order valence-electron chi connectivity index (χ2n) is 5.66. The molecule has 2 aromatic rings. The van der Waals surface area contributed by atoms with Crippen LogP contribution in [0.2, 0.25) is 0 Å². The van der Waals surface area contributed by atoms with Crippen LogP contribution in [0.3, 0.4) is 0 Å². The third-order valence-electron chi connectivity index (χ3n) is 3.67. The quantitative estimate of drug-likeness (QED) is 0.538. The number of rotatable bonds is 7. The summed E-state index contributed by atoms with van der Waals surface area (Å²) in [6.07, 6.45) is 3.50. The van der Waals surface area contributed by atoms with Crippen molar-refractivity contribution in [2.45, 2.75) is 32.2 Å². The van der Waals surface area contributed by atoms with Crippen molar-refractivity contribution in [2.24, 2.45) is 0 Å². The van der Waals surface area contributed by atoms with Crippen molar-refractivity contribution in [2.75, 3.05) is 0 Å². The van der Waals surface area contributed by atoms with Gasteiger partial charge in [0.15, 0.2) is 0 Å². The number of carbonyl (C=O) groups excluding carboxylic acids is 1. The van der Waals surface area contributed by atoms with Gasteiger partial charge < -0.3 is 5.32 Å². The van der Waals surface area contributed by atoms with Crippen molar-refractivity contribution in [1.29, 1.82) is 5.26 Å². The van der Waals surface area contributed by atoms with Crippen LogP contribution in [0.1, 0.15) is 43.5 Å². The van der Waals surface area contributed by atoms with Crippen molar-refractivity contribution in [1.82, 2.24) is 10.3 Å².